The molecule has 2 aliphatic rings. The molecule has 162 valence electrons. The number of nitrogens with zero attached hydrogens (tertiary/aromatic N) is 3. The molecule has 1 saturated heterocycles. The molecule has 4 heterocycles. The number of aromatic nitrogens is 3. The predicted molar refractivity (Wildman–Crippen MR) is 117 cm³/mol. The van der Waals surface area contributed by atoms with Gasteiger partial charge >= 0.3 is 0 Å². The van der Waals surface area contributed by atoms with Crippen LogP contribution in [0, 0.1) is 0 Å². The Hall–Kier alpha value is -2.95. The van der Waals surface area contributed by atoms with Crippen LogP contribution >= 0.6 is 11.8 Å². The molecule has 0 saturated carbocycles. The van der Waals surface area contributed by atoms with Crippen molar-refractivity contribution in [3.05, 3.63) is 61.1 Å². The van der Waals surface area contributed by atoms with Crippen LogP contribution in [0.5, 0.6) is 11.5 Å². The molecule has 0 aliphatic carbocycles. The van der Waals surface area contributed by atoms with Crippen molar-refractivity contribution >= 4 is 22.8 Å². The highest BCUT2D eigenvalue weighted by atomic mass is 32.2. The van der Waals surface area contributed by atoms with Gasteiger partial charge in [0, 0.05) is 17.1 Å². The van der Waals surface area contributed by atoms with E-state index in [-0.39, 0.29) is 6.61 Å². The van der Waals surface area contributed by atoms with E-state index in [4.69, 9.17) is 9.47 Å². The maximum atomic E-state index is 10.5. The summed E-state index contributed by atoms with van der Waals surface area (Å²) in [5.74, 6) is 1.53. The Morgan fingerprint density at radius 3 is 2.66 bits per heavy atom. The number of aliphatic hydroxyl groups is 3. The fraction of sp³-hybridized carbons (Fsp3) is 0.217. The second-order valence-corrected chi connectivity index (χ2v) is 8.78. The van der Waals surface area contributed by atoms with Crippen LogP contribution in [0.15, 0.2) is 70.8 Å². The molecule has 4 aromatic rings. The second-order valence-electron chi connectivity index (χ2n) is 7.70. The molecule has 1 fully saturated rings. The molecule has 2 aromatic heterocycles. The smallest absolute Gasteiger partial charge is 0.164 e. The molecule has 0 bridgehead atoms. The van der Waals surface area contributed by atoms with Gasteiger partial charge in [-0.15, -0.1) is 0 Å². The highest BCUT2D eigenvalue weighted by Crippen LogP contribution is 2.51. The van der Waals surface area contributed by atoms with E-state index in [2.05, 4.69) is 9.97 Å². The van der Waals surface area contributed by atoms with Crippen molar-refractivity contribution in [3.63, 3.8) is 0 Å². The highest BCUT2D eigenvalue weighted by Gasteiger charge is 2.43. The van der Waals surface area contributed by atoms with Crippen molar-refractivity contribution in [1.29, 1.82) is 0 Å². The van der Waals surface area contributed by atoms with E-state index < -0.39 is 24.5 Å². The molecule has 2 aliphatic heterocycles. The zero-order valence-electron chi connectivity index (χ0n) is 16.7. The van der Waals surface area contributed by atoms with Gasteiger partial charge in [-0.1, -0.05) is 30.0 Å². The quantitative estimate of drug-likeness (QED) is 0.386. The Morgan fingerprint density at radius 1 is 0.969 bits per heavy atom. The van der Waals surface area contributed by atoms with Crippen LogP contribution in [0.1, 0.15) is 6.23 Å². The highest BCUT2D eigenvalue weighted by molar-refractivity contribution is 7.99. The monoisotopic (exact) mass is 449 g/mol. The minimum absolute atomic E-state index is 0.388. The van der Waals surface area contributed by atoms with E-state index in [1.54, 1.807) is 22.5 Å². The minimum Gasteiger partial charge on any atom is -0.454 e. The third-order valence-corrected chi connectivity index (χ3v) is 6.91. The molecule has 1 unspecified atom stereocenters. The average molecular weight is 449 g/mol. The summed E-state index contributed by atoms with van der Waals surface area (Å²) in [5, 5.41) is 30.8. The van der Waals surface area contributed by atoms with Crippen molar-refractivity contribution in [2.24, 2.45) is 0 Å². The summed E-state index contributed by atoms with van der Waals surface area (Å²) in [4.78, 5) is 11.0. The zero-order chi connectivity index (χ0) is 21.8. The number of para-hydroxylation sites is 2. The van der Waals surface area contributed by atoms with Gasteiger partial charge in [-0.2, -0.15) is 0 Å². The van der Waals surface area contributed by atoms with Gasteiger partial charge in [-0.05, 0) is 30.3 Å². The molecule has 0 spiro atoms. The number of aliphatic hydroxyl groups excluding tert-OH is 3. The summed E-state index contributed by atoms with van der Waals surface area (Å²) in [7, 11) is 0. The number of rotatable bonds is 3. The largest absolute Gasteiger partial charge is 0.454 e. The summed E-state index contributed by atoms with van der Waals surface area (Å²) < 4.78 is 13.6. The summed E-state index contributed by atoms with van der Waals surface area (Å²) in [6.45, 7) is -0.388. The van der Waals surface area contributed by atoms with Crippen LogP contribution in [0.25, 0.3) is 22.3 Å². The van der Waals surface area contributed by atoms with Gasteiger partial charge in [0.1, 0.15) is 36.0 Å². The fourth-order valence-electron chi connectivity index (χ4n) is 4.24. The molecule has 6 rings (SSSR count). The standard InChI is InChI=1S/C23H19N3O5S/c27-10-15-19(28)20(29)23(31-15)26-9-8-13-18(24-11-25-22(13)26)12-4-3-7-17-21(12)30-14-5-1-2-6-16(14)32-17/h1-9,11,15,19-20,23,27-29H,10H2/t15?,19-,20-,23+/m0/s1. The summed E-state index contributed by atoms with van der Waals surface area (Å²) in [6.07, 6.45) is -0.911. The first-order valence-corrected chi connectivity index (χ1v) is 11.0. The molecule has 2 aromatic carbocycles. The van der Waals surface area contributed by atoms with E-state index in [1.165, 1.54) is 6.33 Å². The van der Waals surface area contributed by atoms with Crippen molar-refractivity contribution in [3.8, 4) is 22.8 Å². The predicted octanol–water partition coefficient (Wildman–Crippen LogP) is 2.97. The molecule has 0 amide bonds. The Kier molecular flexibility index (Phi) is 4.67. The lowest BCUT2D eigenvalue weighted by Crippen LogP contribution is -2.33. The van der Waals surface area contributed by atoms with Crippen LogP contribution in [0.2, 0.25) is 0 Å². The van der Waals surface area contributed by atoms with E-state index in [0.717, 1.165) is 32.2 Å². The SMILES string of the molecule is OCC1O[C@@H](n2ccc3c(-c4cccc5c4Oc4ccccc4S5)ncnc32)[C@@H](O)[C@H]1O. The molecule has 32 heavy (non-hydrogen) atoms. The summed E-state index contributed by atoms with van der Waals surface area (Å²) in [6, 6.07) is 15.7. The van der Waals surface area contributed by atoms with Crippen LogP contribution in [-0.4, -0.2) is 54.8 Å². The van der Waals surface area contributed by atoms with Crippen LogP contribution in [0.4, 0.5) is 0 Å². The average Bonchev–Trinajstić information content (AvgIpc) is 3.38. The van der Waals surface area contributed by atoms with Crippen molar-refractivity contribution in [2.45, 2.75) is 34.3 Å². The molecular weight excluding hydrogens is 430 g/mol. The Bertz CT molecular complexity index is 1330. The first kappa shape index (κ1) is 19.7. The minimum atomic E-state index is -1.19. The van der Waals surface area contributed by atoms with Gasteiger partial charge < -0.3 is 29.4 Å². The first-order valence-electron chi connectivity index (χ1n) is 10.2. The summed E-state index contributed by atoms with van der Waals surface area (Å²) in [5.41, 5.74) is 2.07. The lowest BCUT2D eigenvalue weighted by Gasteiger charge is -2.22. The second kappa shape index (κ2) is 7.58. The van der Waals surface area contributed by atoms with E-state index in [0.29, 0.717) is 11.3 Å². The molecule has 0 radical (unpaired) electrons. The molecular formula is C23H19N3O5S. The van der Waals surface area contributed by atoms with Gasteiger partial charge in [-0.3, -0.25) is 0 Å². The van der Waals surface area contributed by atoms with Crippen molar-refractivity contribution in [2.75, 3.05) is 6.61 Å². The lowest BCUT2D eigenvalue weighted by atomic mass is 10.1. The van der Waals surface area contributed by atoms with E-state index in [9.17, 15) is 15.3 Å². The van der Waals surface area contributed by atoms with Gasteiger partial charge in [0.15, 0.2) is 12.0 Å². The first-order chi connectivity index (χ1) is 15.7. The summed E-state index contributed by atoms with van der Waals surface area (Å²) >= 11 is 1.65. The van der Waals surface area contributed by atoms with Crippen LogP contribution in [0.3, 0.4) is 0 Å². The Labute approximate surface area is 187 Å². The van der Waals surface area contributed by atoms with Crippen LogP contribution in [-0.2, 0) is 4.74 Å². The Morgan fingerprint density at radius 2 is 1.81 bits per heavy atom. The molecule has 3 N–H and O–H groups in total. The van der Waals surface area contributed by atoms with Crippen molar-refractivity contribution in [1.82, 2.24) is 14.5 Å². The van der Waals surface area contributed by atoms with Crippen LogP contribution < -0.4 is 4.74 Å². The van der Waals surface area contributed by atoms with E-state index in [1.807, 2.05) is 48.5 Å². The molecule has 9 heteroatoms. The Balaban J connectivity index is 1.45. The van der Waals surface area contributed by atoms with Crippen molar-refractivity contribution < 1.29 is 24.8 Å². The lowest BCUT2D eigenvalue weighted by molar-refractivity contribution is -0.0508. The number of hydrogen-bond donors (Lipinski definition) is 3. The molecule has 4 atom stereocenters. The zero-order valence-corrected chi connectivity index (χ0v) is 17.5. The van der Waals surface area contributed by atoms with Gasteiger partial charge in [-0.25, -0.2) is 9.97 Å². The van der Waals surface area contributed by atoms with Gasteiger partial charge in [0.05, 0.1) is 22.1 Å². The van der Waals surface area contributed by atoms with Gasteiger partial charge in [0.2, 0.25) is 0 Å². The van der Waals surface area contributed by atoms with Gasteiger partial charge in [0.25, 0.3) is 0 Å². The number of fused-ring (bicyclic) bond motifs is 3. The number of ether oxygens (including phenoxy) is 2. The van der Waals surface area contributed by atoms with E-state index >= 15 is 0 Å². The maximum absolute atomic E-state index is 10.5. The maximum Gasteiger partial charge on any atom is 0.164 e. The number of hydrogen-bond acceptors (Lipinski definition) is 8. The topological polar surface area (TPSA) is 110 Å². The normalized spacial score (nSPS) is 24.2. The fourth-order valence-corrected chi connectivity index (χ4v) is 5.22. The molecule has 8 nitrogen and oxygen atoms in total. The third kappa shape index (κ3) is 2.94. The third-order valence-electron chi connectivity index (χ3n) is 5.82. The number of benzene rings is 2.